The first kappa shape index (κ1) is 7.48. The van der Waals surface area contributed by atoms with E-state index in [1.807, 2.05) is 19.2 Å². The molecular weight excluding hydrogens is 140 g/mol. The zero-order valence-corrected chi connectivity index (χ0v) is 6.44. The number of nitrogens with zero attached hydrogens (tertiary/aromatic N) is 4. The molecule has 0 amide bonds. The molecule has 11 heavy (non-hydrogen) atoms. The van der Waals surface area contributed by atoms with E-state index in [2.05, 4.69) is 10.2 Å². The number of anilines is 1. The van der Waals surface area contributed by atoms with Crippen molar-refractivity contribution in [3.8, 4) is 6.19 Å². The Labute approximate surface area is 65.1 Å². The highest BCUT2D eigenvalue weighted by atomic mass is 15.2. The quantitative estimate of drug-likeness (QED) is 0.434. The first-order valence-corrected chi connectivity index (χ1v) is 3.18. The van der Waals surface area contributed by atoms with Gasteiger partial charge >= 0.3 is 0 Å². The number of rotatable bonds is 1. The molecule has 56 valence electrons. The Morgan fingerprint density at radius 3 is 2.64 bits per heavy atom. The van der Waals surface area contributed by atoms with E-state index in [4.69, 9.17) is 5.26 Å². The van der Waals surface area contributed by atoms with Gasteiger partial charge in [-0.2, -0.15) is 10.4 Å². The molecule has 0 bridgehead atoms. The Morgan fingerprint density at radius 1 is 1.45 bits per heavy atom. The van der Waals surface area contributed by atoms with E-state index in [0.29, 0.717) is 5.82 Å². The average Bonchev–Trinajstić information content (AvgIpc) is 2.05. The number of aromatic nitrogens is 2. The SMILES string of the molecule is Cc1ccc(N(C)C#N)nn1. The molecule has 4 nitrogen and oxygen atoms in total. The van der Waals surface area contributed by atoms with Crippen LogP contribution in [0.2, 0.25) is 0 Å². The minimum Gasteiger partial charge on any atom is -0.265 e. The average molecular weight is 148 g/mol. The van der Waals surface area contributed by atoms with Gasteiger partial charge in [-0.25, -0.2) is 0 Å². The number of nitriles is 1. The summed E-state index contributed by atoms with van der Waals surface area (Å²) in [5.41, 5.74) is 0.847. The maximum Gasteiger partial charge on any atom is 0.185 e. The monoisotopic (exact) mass is 148 g/mol. The van der Waals surface area contributed by atoms with Gasteiger partial charge in [-0.15, -0.1) is 5.10 Å². The third kappa shape index (κ3) is 1.64. The lowest BCUT2D eigenvalue weighted by Gasteiger charge is -2.04. The van der Waals surface area contributed by atoms with Crippen LogP contribution < -0.4 is 4.90 Å². The van der Waals surface area contributed by atoms with E-state index in [1.165, 1.54) is 4.90 Å². The molecule has 0 radical (unpaired) electrons. The topological polar surface area (TPSA) is 52.8 Å². The van der Waals surface area contributed by atoms with E-state index >= 15 is 0 Å². The second kappa shape index (κ2) is 2.97. The number of hydrogen-bond acceptors (Lipinski definition) is 4. The van der Waals surface area contributed by atoms with Gasteiger partial charge in [0, 0.05) is 7.05 Å². The van der Waals surface area contributed by atoms with E-state index in [9.17, 15) is 0 Å². The van der Waals surface area contributed by atoms with Crippen LogP contribution in [0.25, 0.3) is 0 Å². The zero-order chi connectivity index (χ0) is 8.27. The van der Waals surface area contributed by atoms with Crippen molar-refractivity contribution in [2.75, 3.05) is 11.9 Å². The van der Waals surface area contributed by atoms with Crippen LogP contribution in [-0.4, -0.2) is 17.2 Å². The van der Waals surface area contributed by atoms with Crippen LogP contribution in [0.5, 0.6) is 0 Å². The molecular formula is C7H8N4. The molecule has 0 aliphatic rings. The summed E-state index contributed by atoms with van der Waals surface area (Å²) in [6, 6.07) is 3.57. The highest BCUT2D eigenvalue weighted by molar-refractivity contribution is 5.40. The number of aryl methyl sites for hydroxylation is 1. The predicted octanol–water partition coefficient (Wildman–Crippen LogP) is 0.702. The fraction of sp³-hybridized carbons (Fsp3) is 0.286. The summed E-state index contributed by atoms with van der Waals surface area (Å²) in [7, 11) is 1.64. The molecule has 1 heterocycles. The Hall–Kier alpha value is -1.63. The zero-order valence-electron chi connectivity index (χ0n) is 6.44. The minimum atomic E-state index is 0.568. The third-order valence-electron chi connectivity index (χ3n) is 1.28. The summed E-state index contributed by atoms with van der Waals surface area (Å²) < 4.78 is 0. The smallest absolute Gasteiger partial charge is 0.185 e. The summed E-state index contributed by atoms with van der Waals surface area (Å²) in [5.74, 6) is 0.568. The Bertz CT molecular complexity index is 271. The van der Waals surface area contributed by atoms with Gasteiger partial charge in [0.2, 0.25) is 0 Å². The summed E-state index contributed by atoms with van der Waals surface area (Å²) in [6.45, 7) is 1.85. The molecule has 0 saturated carbocycles. The maximum absolute atomic E-state index is 8.47. The largest absolute Gasteiger partial charge is 0.265 e. The van der Waals surface area contributed by atoms with E-state index in [-0.39, 0.29) is 0 Å². The summed E-state index contributed by atoms with van der Waals surface area (Å²) in [5, 5.41) is 16.1. The first-order chi connectivity index (χ1) is 5.24. The van der Waals surface area contributed by atoms with Crippen LogP contribution in [-0.2, 0) is 0 Å². The molecule has 1 rings (SSSR count). The van der Waals surface area contributed by atoms with Crippen LogP contribution in [0.1, 0.15) is 5.69 Å². The highest BCUT2D eigenvalue weighted by Crippen LogP contribution is 2.04. The Kier molecular flexibility index (Phi) is 2.02. The molecule has 1 aromatic rings. The highest BCUT2D eigenvalue weighted by Gasteiger charge is 1.98. The molecule has 0 aliphatic carbocycles. The van der Waals surface area contributed by atoms with Crippen LogP contribution in [0.3, 0.4) is 0 Å². The van der Waals surface area contributed by atoms with E-state index < -0.39 is 0 Å². The van der Waals surface area contributed by atoms with Gasteiger partial charge in [0.1, 0.15) is 0 Å². The minimum absolute atomic E-state index is 0.568. The molecule has 1 aromatic heterocycles. The molecule has 0 unspecified atom stereocenters. The van der Waals surface area contributed by atoms with Crippen LogP contribution in [0.4, 0.5) is 5.82 Å². The Balaban J connectivity index is 2.92. The van der Waals surface area contributed by atoms with Crippen LogP contribution in [0, 0.1) is 18.4 Å². The second-order valence-corrected chi connectivity index (χ2v) is 2.19. The molecule has 0 spiro atoms. The van der Waals surface area contributed by atoms with Gasteiger partial charge in [-0.3, -0.25) is 4.90 Å². The first-order valence-electron chi connectivity index (χ1n) is 3.18. The van der Waals surface area contributed by atoms with E-state index in [0.717, 1.165) is 5.69 Å². The van der Waals surface area contributed by atoms with Crippen molar-refractivity contribution < 1.29 is 0 Å². The molecule has 0 N–H and O–H groups in total. The van der Waals surface area contributed by atoms with Crippen molar-refractivity contribution in [1.29, 1.82) is 5.26 Å². The lowest BCUT2D eigenvalue weighted by molar-refractivity contribution is 0.952. The van der Waals surface area contributed by atoms with Crippen molar-refractivity contribution in [1.82, 2.24) is 10.2 Å². The summed E-state index contributed by atoms with van der Waals surface area (Å²) >= 11 is 0. The van der Waals surface area contributed by atoms with Crippen molar-refractivity contribution in [3.05, 3.63) is 17.8 Å². The number of hydrogen-bond donors (Lipinski definition) is 0. The maximum atomic E-state index is 8.47. The molecule has 4 heteroatoms. The van der Waals surface area contributed by atoms with E-state index in [1.54, 1.807) is 13.1 Å². The molecule has 0 atom stereocenters. The summed E-state index contributed by atoms with van der Waals surface area (Å²) in [6.07, 6.45) is 1.93. The van der Waals surface area contributed by atoms with Gasteiger partial charge in [-0.1, -0.05) is 0 Å². The van der Waals surface area contributed by atoms with Crippen LogP contribution in [0.15, 0.2) is 12.1 Å². The van der Waals surface area contributed by atoms with Gasteiger partial charge in [0.05, 0.1) is 5.69 Å². The van der Waals surface area contributed by atoms with Crippen molar-refractivity contribution in [2.45, 2.75) is 6.92 Å². The van der Waals surface area contributed by atoms with Gasteiger partial charge in [-0.05, 0) is 19.1 Å². The van der Waals surface area contributed by atoms with Crippen LogP contribution >= 0.6 is 0 Å². The van der Waals surface area contributed by atoms with Crippen molar-refractivity contribution in [2.24, 2.45) is 0 Å². The predicted molar refractivity (Wildman–Crippen MR) is 40.8 cm³/mol. The lowest BCUT2D eigenvalue weighted by Crippen LogP contribution is -2.10. The Morgan fingerprint density at radius 2 is 2.18 bits per heavy atom. The molecule has 0 aromatic carbocycles. The second-order valence-electron chi connectivity index (χ2n) is 2.19. The lowest BCUT2D eigenvalue weighted by atomic mass is 10.4. The summed E-state index contributed by atoms with van der Waals surface area (Å²) in [4.78, 5) is 1.35. The molecule has 0 saturated heterocycles. The normalized spacial score (nSPS) is 8.82. The van der Waals surface area contributed by atoms with Crippen molar-refractivity contribution >= 4 is 5.82 Å². The van der Waals surface area contributed by atoms with Gasteiger partial charge < -0.3 is 0 Å². The fourth-order valence-corrected chi connectivity index (χ4v) is 0.622. The third-order valence-corrected chi connectivity index (χ3v) is 1.28. The molecule has 0 aliphatic heterocycles. The molecule has 0 fully saturated rings. The van der Waals surface area contributed by atoms with Crippen molar-refractivity contribution in [3.63, 3.8) is 0 Å². The van der Waals surface area contributed by atoms with Gasteiger partial charge in [0.15, 0.2) is 12.0 Å². The fourth-order valence-electron chi connectivity index (χ4n) is 0.622. The van der Waals surface area contributed by atoms with Gasteiger partial charge in [0.25, 0.3) is 0 Å². The standard InChI is InChI=1S/C7H8N4/c1-6-3-4-7(10-9-6)11(2)5-8/h3-4H,1-2H3.